The zero-order valence-corrected chi connectivity index (χ0v) is 12.6. The van der Waals surface area contributed by atoms with Crippen molar-refractivity contribution in [1.29, 1.82) is 0 Å². The lowest BCUT2D eigenvalue weighted by Gasteiger charge is -2.25. The number of hydrogen-bond donors (Lipinski definition) is 1. The second-order valence-corrected chi connectivity index (χ2v) is 7.41. The summed E-state index contributed by atoms with van der Waals surface area (Å²) in [4.78, 5) is 12.9. The first-order valence-corrected chi connectivity index (χ1v) is 8.76. The van der Waals surface area contributed by atoms with E-state index in [4.69, 9.17) is 0 Å². The van der Waals surface area contributed by atoms with Gasteiger partial charge in [-0.15, -0.1) is 11.3 Å². The molecule has 0 aromatic carbocycles. The van der Waals surface area contributed by atoms with Gasteiger partial charge in [0.15, 0.2) is 5.69 Å². The normalized spacial score (nSPS) is 15.8. The van der Waals surface area contributed by atoms with Crippen LogP contribution in [0.1, 0.15) is 20.9 Å². The number of nitrogens with one attached hydrogen (secondary N) is 1. The van der Waals surface area contributed by atoms with Crippen LogP contribution in [-0.2, 0) is 23.2 Å². The summed E-state index contributed by atoms with van der Waals surface area (Å²) in [7, 11) is -3.85. The van der Waals surface area contributed by atoms with Crippen molar-refractivity contribution in [2.75, 3.05) is 6.54 Å². The number of rotatable bonds is 3. The van der Waals surface area contributed by atoms with E-state index in [0.29, 0.717) is 13.0 Å². The Kier molecular flexibility index (Phi) is 3.54. The number of fused-ring (bicyclic) bond motifs is 1. The molecule has 2 aromatic rings. The standard InChI is InChI=1S/C10H10N4O3S3/c15-10(8-5-11-19-12-8)13-20(16,17)14-3-1-9-7(6-14)2-4-18-9/h2,4-5H,1,3,6H2,(H,13,15). The Morgan fingerprint density at radius 3 is 3.05 bits per heavy atom. The lowest BCUT2D eigenvalue weighted by atomic mass is 10.1. The van der Waals surface area contributed by atoms with Gasteiger partial charge in [0.2, 0.25) is 0 Å². The fourth-order valence-corrected chi connectivity index (χ4v) is 4.34. The summed E-state index contributed by atoms with van der Waals surface area (Å²) in [6, 6.07) is 1.91. The second-order valence-electron chi connectivity index (χ2n) is 4.18. The predicted molar refractivity (Wildman–Crippen MR) is 74.7 cm³/mol. The smallest absolute Gasteiger partial charge is 0.266 e. The number of carbonyl (C=O) groups excluding carboxylic acids is 1. The van der Waals surface area contributed by atoms with Crippen LogP contribution in [0, 0.1) is 0 Å². The highest BCUT2D eigenvalue weighted by Gasteiger charge is 2.29. The first kappa shape index (κ1) is 13.6. The van der Waals surface area contributed by atoms with E-state index in [2.05, 4.69) is 8.75 Å². The number of aromatic nitrogens is 2. The van der Waals surface area contributed by atoms with Gasteiger partial charge in [-0.25, -0.2) is 4.72 Å². The van der Waals surface area contributed by atoms with Gasteiger partial charge in [0.25, 0.3) is 5.91 Å². The SMILES string of the molecule is O=C(NS(=O)(=O)N1CCc2sccc2C1)c1cnsn1. The Hall–Kier alpha value is -1.36. The zero-order valence-electron chi connectivity index (χ0n) is 10.1. The van der Waals surface area contributed by atoms with Gasteiger partial charge in [0.05, 0.1) is 17.9 Å². The third-order valence-electron chi connectivity index (χ3n) is 2.93. The Labute approximate surface area is 123 Å². The van der Waals surface area contributed by atoms with Gasteiger partial charge in [-0.3, -0.25) is 4.79 Å². The van der Waals surface area contributed by atoms with Crippen molar-refractivity contribution in [2.45, 2.75) is 13.0 Å². The van der Waals surface area contributed by atoms with Crippen molar-refractivity contribution in [1.82, 2.24) is 17.8 Å². The van der Waals surface area contributed by atoms with E-state index < -0.39 is 16.1 Å². The molecule has 0 unspecified atom stereocenters. The average molecular weight is 330 g/mol. The highest BCUT2D eigenvalue weighted by atomic mass is 32.2. The minimum atomic E-state index is -3.85. The lowest BCUT2D eigenvalue weighted by Crippen LogP contribution is -2.45. The molecule has 0 radical (unpaired) electrons. The van der Waals surface area contributed by atoms with Gasteiger partial charge in [-0.05, 0) is 23.4 Å². The molecule has 1 N–H and O–H groups in total. The van der Waals surface area contributed by atoms with Gasteiger partial charge in [0.1, 0.15) is 0 Å². The Balaban J connectivity index is 1.75. The largest absolute Gasteiger partial charge is 0.304 e. The summed E-state index contributed by atoms with van der Waals surface area (Å²) in [5.74, 6) is -0.755. The lowest BCUT2D eigenvalue weighted by molar-refractivity contribution is 0.0975. The maximum Gasteiger partial charge on any atom is 0.304 e. The number of amides is 1. The van der Waals surface area contributed by atoms with Crippen molar-refractivity contribution in [3.8, 4) is 0 Å². The molecule has 0 saturated carbocycles. The minimum absolute atomic E-state index is 0.00630. The van der Waals surface area contributed by atoms with Crippen LogP contribution in [-0.4, -0.2) is 33.9 Å². The molecule has 0 saturated heterocycles. The third kappa shape index (κ3) is 2.59. The average Bonchev–Trinajstić information content (AvgIpc) is 3.08. The van der Waals surface area contributed by atoms with Crippen LogP contribution in [0.25, 0.3) is 0 Å². The number of carbonyl (C=O) groups is 1. The molecule has 1 aliphatic rings. The van der Waals surface area contributed by atoms with E-state index in [1.807, 2.05) is 16.2 Å². The summed E-state index contributed by atoms with van der Waals surface area (Å²) >= 11 is 2.48. The molecule has 0 spiro atoms. The van der Waals surface area contributed by atoms with E-state index in [0.717, 1.165) is 17.3 Å². The van der Waals surface area contributed by atoms with E-state index >= 15 is 0 Å². The summed E-state index contributed by atoms with van der Waals surface area (Å²) < 4.78 is 35.0. The van der Waals surface area contributed by atoms with Crippen molar-refractivity contribution in [3.05, 3.63) is 33.8 Å². The Morgan fingerprint density at radius 1 is 1.45 bits per heavy atom. The molecule has 0 fully saturated rings. The zero-order chi connectivity index (χ0) is 14.2. The molecule has 7 nitrogen and oxygen atoms in total. The fraction of sp³-hybridized carbons (Fsp3) is 0.300. The molecule has 2 aromatic heterocycles. The molecule has 0 aliphatic carbocycles. The molecule has 1 amide bonds. The first-order chi connectivity index (χ1) is 9.56. The number of thiophene rings is 1. The topological polar surface area (TPSA) is 92.3 Å². The maximum absolute atomic E-state index is 12.2. The van der Waals surface area contributed by atoms with Crippen LogP contribution in [0.4, 0.5) is 0 Å². The van der Waals surface area contributed by atoms with E-state index in [-0.39, 0.29) is 12.2 Å². The third-order valence-corrected chi connectivity index (χ3v) is 5.86. The molecule has 10 heteroatoms. The minimum Gasteiger partial charge on any atom is -0.266 e. The van der Waals surface area contributed by atoms with E-state index in [1.165, 1.54) is 15.4 Å². The van der Waals surface area contributed by atoms with Crippen molar-refractivity contribution < 1.29 is 13.2 Å². The second kappa shape index (κ2) is 5.20. The maximum atomic E-state index is 12.2. The molecule has 3 heterocycles. The molecule has 3 rings (SSSR count). The highest BCUT2D eigenvalue weighted by molar-refractivity contribution is 7.87. The van der Waals surface area contributed by atoms with Crippen LogP contribution in [0.15, 0.2) is 17.6 Å². The van der Waals surface area contributed by atoms with Crippen molar-refractivity contribution in [2.24, 2.45) is 0 Å². The fourth-order valence-electron chi connectivity index (χ4n) is 1.93. The molecular weight excluding hydrogens is 320 g/mol. The van der Waals surface area contributed by atoms with Gasteiger partial charge in [-0.2, -0.15) is 21.5 Å². The highest BCUT2D eigenvalue weighted by Crippen LogP contribution is 2.25. The van der Waals surface area contributed by atoms with Crippen LogP contribution >= 0.6 is 23.1 Å². The van der Waals surface area contributed by atoms with E-state index in [9.17, 15) is 13.2 Å². The molecule has 20 heavy (non-hydrogen) atoms. The van der Waals surface area contributed by atoms with E-state index in [1.54, 1.807) is 11.3 Å². The first-order valence-electron chi connectivity index (χ1n) is 5.71. The van der Waals surface area contributed by atoms with Gasteiger partial charge in [-0.1, -0.05) is 0 Å². The van der Waals surface area contributed by atoms with Crippen molar-refractivity contribution in [3.63, 3.8) is 0 Å². The van der Waals surface area contributed by atoms with Crippen molar-refractivity contribution >= 4 is 39.2 Å². The van der Waals surface area contributed by atoms with Crippen LogP contribution in [0.3, 0.4) is 0 Å². The summed E-state index contributed by atoms with van der Waals surface area (Å²) in [6.45, 7) is 0.655. The number of hydrogen-bond acceptors (Lipinski definition) is 7. The number of nitrogens with zero attached hydrogens (tertiary/aromatic N) is 3. The Morgan fingerprint density at radius 2 is 2.30 bits per heavy atom. The molecule has 106 valence electrons. The quantitative estimate of drug-likeness (QED) is 0.891. The van der Waals surface area contributed by atoms with Gasteiger partial charge in [0, 0.05) is 18.0 Å². The molecule has 1 aliphatic heterocycles. The monoisotopic (exact) mass is 330 g/mol. The summed E-state index contributed by atoms with van der Waals surface area (Å²) in [5, 5.41) is 1.94. The predicted octanol–water partition coefficient (Wildman–Crippen LogP) is 0.633. The summed E-state index contributed by atoms with van der Waals surface area (Å²) in [6.07, 6.45) is 1.91. The molecular formula is C10H10N4O3S3. The van der Waals surface area contributed by atoms with Crippen LogP contribution in [0.2, 0.25) is 0 Å². The molecule has 0 atom stereocenters. The Bertz CT molecular complexity index is 723. The van der Waals surface area contributed by atoms with Crippen LogP contribution < -0.4 is 4.72 Å². The van der Waals surface area contributed by atoms with Gasteiger partial charge < -0.3 is 0 Å². The molecule has 0 bridgehead atoms. The van der Waals surface area contributed by atoms with Crippen LogP contribution in [0.5, 0.6) is 0 Å². The van der Waals surface area contributed by atoms with Gasteiger partial charge >= 0.3 is 10.2 Å². The summed E-state index contributed by atoms with van der Waals surface area (Å²) in [5.41, 5.74) is 1.00.